The molecule has 0 saturated carbocycles. The van der Waals surface area contributed by atoms with E-state index in [0.717, 1.165) is 4.68 Å². The maximum absolute atomic E-state index is 12.1. The number of nitrogens with one attached hydrogen (secondary N) is 1. The van der Waals surface area contributed by atoms with Gasteiger partial charge in [0.05, 0.1) is 5.69 Å². The number of carbonyl (C=O) groups is 3. The molecule has 1 heterocycles. The third kappa shape index (κ3) is 4.28. The lowest BCUT2D eigenvalue weighted by molar-refractivity contribution is -0.138. The van der Waals surface area contributed by atoms with Crippen molar-refractivity contribution in [3.63, 3.8) is 0 Å². The van der Waals surface area contributed by atoms with Gasteiger partial charge in [-0.2, -0.15) is 9.78 Å². The summed E-state index contributed by atoms with van der Waals surface area (Å²) in [6.45, 7) is 1.38. The molecule has 2 aromatic rings. The Bertz CT molecular complexity index is 737. The van der Waals surface area contributed by atoms with Crippen LogP contribution in [0.15, 0.2) is 42.6 Å². The van der Waals surface area contributed by atoms with Gasteiger partial charge < -0.3 is 10.2 Å². The summed E-state index contributed by atoms with van der Waals surface area (Å²) < 4.78 is 1.15. The van der Waals surface area contributed by atoms with Crippen molar-refractivity contribution >= 4 is 23.4 Å². The summed E-state index contributed by atoms with van der Waals surface area (Å²) >= 11 is 0. The summed E-state index contributed by atoms with van der Waals surface area (Å²) in [6.07, 6.45) is 1.67. The third-order valence-corrected chi connectivity index (χ3v) is 3.52. The second-order valence-electron chi connectivity index (χ2n) is 5.65. The first-order chi connectivity index (χ1) is 11.4. The predicted molar refractivity (Wildman–Crippen MR) is 89.7 cm³/mol. The average molecular weight is 328 g/mol. The molecule has 0 aliphatic rings. The summed E-state index contributed by atoms with van der Waals surface area (Å²) in [5, 5.41) is 6.86. The van der Waals surface area contributed by atoms with E-state index in [1.54, 1.807) is 32.3 Å². The number of carbonyl (C=O) groups excluding carboxylic acids is 3. The topological polar surface area (TPSA) is 84.3 Å². The van der Waals surface area contributed by atoms with Crippen LogP contribution in [-0.4, -0.2) is 46.5 Å². The van der Waals surface area contributed by atoms with Crippen LogP contribution in [0.3, 0.4) is 0 Å². The molecule has 1 N–H and O–H groups in total. The van der Waals surface area contributed by atoms with E-state index in [1.807, 2.05) is 18.2 Å². The van der Waals surface area contributed by atoms with Crippen molar-refractivity contribution in [3.05, 3.63) is 48.3 Å². The second-order valence-corrected chi connectivity index (χ2v) is 5.65. The van der Waals surface area contributed by atoms with Crippen LogP contribution in [0.25, 0.3) is 0 Å². The zero-order valence-corrected chi connectivity index (χ0v) is 13.9. The van der Waals surface area contributed by atoms with E-state index in [9.17, 15) is 14.4 Å². The molecule has 1 unspecified atom stereocenters. The average Bonchev–Trinajstić information content (AvgIpc) is 3.01. The molecule has 2 rings (SSSR count). The highest BCUT2D eigenvalue weighted by atomic mass is 16.2. The summed E-state index contributed by atoms with van der Waals surface area (Å²) in [6, 6.07) is 10.2. The van der Waals surface area contributed by atoms with Gasteiger partial charge in [-0.05, 0) is 25.1 Å². The first-order valence-electron chi connectivity index (χ1n) is 7.51. The fourth-order valence-electron chi connectivity index (χ4n) is 2.21. The smallest absolute Gasteiger partial charge is 0.346 e. The van der Waals surface area contributed by atoms with Crippen molar-refractivity contribution in [2.75, 3.05) is 19.4 Å². The van der Waals surface area contributed by atoms with E-state index in [2.05, 4.69) is 10.4 Å². The van der Waals surface area contributed by atoms with Gasteiger partial charge in [-0.3, -0.25) is 9.59 Å². The number of hydrogen-bond acceptors (Lipinski definition) is 4. The Hall–Kier alpha value is -2.96. The van der Waals surface area contributed by atoms with Gasteiger partial charge in [0.2, 0.25) is 5.91 Å². The van der Waals surface area contributed by atoms with Crippen molar-refractivity contribution in [1.29, 1.82) is 0 Å². The Kier molecular flexibility index (Phi) is 5.47. The lowest BCUT2D eigenvalue weighted by Crippen LogP contribution is -2.35. The molecule has 0 spiro atoms. The van der Waals surface area contributed by atoms with E-state index < -0.39 is 11.9 Å². The molecule has 0 aliphatic carbocycles. The zero-order chi connectivity index (χ0) is 17.7. The molecule has 24 heavy (non-hydrogen) atoms. The van der Waals surface area contributed by atoms with Gasteiger partial charge in [0.25, 0.3) is 0 Å². The largest absolute Gasteiger partial charge is 0.348 e. The molecule has 0 fully saturated rings. The van der Waals surface area contributed by atoms with Gasteiger partial charge in [0.15, 0.2) is 0 Å². The maximum Gasteiger partial charge on any atom is 0.346 e. The Balaban J connectivity index is 2.08. The number of aromatic nitrogens is 2. The van der Waals surface area contributed by atoms with Crippen LogP contribution in [0.2, 0.25) is 0 Å². The number of anilines is 1. The number of hydrogen-bond donors (Lipinski definition) is 1. The Morgan fingerprint density at radius 3 is 2.42 bits per heavy atom. The highest BCUT2D eigenvalue weighted by Gasteiger charge is 2.26. The van der Waals surface area contributed by atoms with Crippen LogP contribution in [0, 0.1) is 5.92 Å². The van der Waals surface area contributed by atoms with Gasteiger partial charge in [-0.1, -0.05) is 18.2 Å². The molecule has 2 amide bonds. The molecule has 0 aliphatic heterocycles. The number of Topliss-reactive ketones (excluding diaryl/α,β-unsaturated/α-hetero) is 1. The van der Waals surface area contributed by atoms with Gasteiger partial charge in [-0.25, -0.2) is 4.79 Å². The molecule has 7 heteroatoms. The second kappa shape index (κ2) is 7.54. The SMILES string of the molecule is CC(=O)C(Cc1ccn(C(=O)Nc2ccccc2)n1)C(=O)N(C)C. The highest BCUT2D eigenvalue weighted by molar-refractivity contribution is 6.00. The molecule has 0 bridgehead atoms. The fraction of sp³-hybridized carbons (Fsp3) is 0.294. The van der Waals surface area contributed by atoms with Crippen LogP contribution in [0.4, 0.5) is 10.5 Å². The van der Waals surface area contributed by atoms with Crippen molar-refractivity contribution in [2.45, 2.75) is 13.3 Å². The normalized spacial score (nSPS) is 11.6. The molecule has 0 radical (unpaired) electrons. The Morgan fingerprint density at radius 1 is 1.17 bits per heavy atom. The number of para-hydroxylation sites is 1. The molecule has 7 nitrogen and oxygen atoms in total. The van der Waals surface area contributed by atoms with Gasteiger partial charge in [0.1, 0.15) is 11.7 Å². The highest BCUT2D eigenvalue weighted by Crippen LogP contribution is 2.12. The predicted octanol–water partition coefficient (Wildman–Crippen LogP) is 1.80. The van der Waals surface area contributed by atoms with Crippen molar-refractivity contribution < 1.29 is 14.4 Å². The van der Waals surface area contributed by atoms with Crippen LogP contribution in [-0.2, 0) is 16.0 Å². The van der Waals surface area contributed by atoms with E-state index in [4.69, 9.17) is 0 Å². The minimum absolute atomic E-state index is 0.165. The van der Waals surface area contributed by atoms with E-state index in [1.165, 1.54) is 18.0 Å². The minimum Gasteiger partial charge on any atom is -0.348 e. The van der Waals surface area contributed by atoms with Crippen molar-refractivity contribution in [3.8, 4) is 0 Å². The summed E-state index contributed by atoms with van der Waals surface area (Å²) in [4.78, 5) is 37.3. The molecule has 1 aromatic carbocycles. The Morgan fingerprint density at radius 2 is 1.83 bits per heavy atom. The van der Waals surface area contributed by atoms with E-state index >= 15 is 0 Å². The minimum atomic E-state index is -0.791. The number of ketones is 1. The number of rotatable bonds is 5. The maximum atomic E-state index is 12.1. The third-order valence-electron chi connectivity index (χ3n) is 3.52. The first kappa shape index (κ1) is 17.4. The first-order valence-corrected chi connectivity index (χ1v) is 7.51. The standard InChI is InChI=1S/C17H20N4O3/c1-12(22)15(16(23)20(2)3)11-14-9-10-21(19-14)17(24)18-13-7-5-4-6-8-13/h4-10,15H,11H2,1-3H3,(H,18,24). The van der Waals surface area contributed by atoms with Crippen molar-refractivity contribution in [2.24, 2.45) is 5.92 Å². The number of nitrogens with zero attached hydrogens (tertiary/aromatic N) is 3. The van der Waals surface area contributed by atoms with E-state index in [0.29, 0.717) is 11.4 Å². The van der Waals surface area contributed by atoms with Gasteiger partial charge in [0, 0.05) is 32.4 Å². The molecule has 0 saturated heterocycles. The zero-order valence-electron chi connectivity index (χ0n) is 13.9. The lowest BCUT2D eigenvalue weighted by atomic mass is 9.98. The fourth-order valence-corrected chi connectivity index (χ4v) is 2.21. The summed E-state index contributed by atoms with van der Waals surface area (Å²) in [5.41, 5.74) is 1.16. The van der Waals surface area contributed by atoms with Crippen molar-refractivity contribution in [1.82, 2.24) is 14.7 Å². The molecule has 126 valence electrons. The molecule has 1 aromatic heterocycles. The van der Waals surface area contributed by atoms with Crippen LogP contribution in [0.5, 0.6) is 0 Å². The molecule has 1 atom stereocenters. The quantitative estimate of drug-likeness (QED) is 0.848. The van der Waals surface area contributed by atoms with E-state index in [-0.39, 0.29) is 18.1 Å². The molecular formula is C17H20N4O3. The summed E-state index contributed by atoms with van der Waals surface area (Å²) in [5.74, 6) is -1.29. The van der Waals surface area contributed by atoms with Crippen LogP contribution >= 0.6 is 0 Å². The number of amides is 2. The monoisotopic (exact) mass is 328 g/mol. The summed E-state index contributed by atoms with van der Waals surface area (Å²) in [7, 11) is 3.20. The Labute approximate surface area is 140 Å². The van der Waals surface area contributed by atoms with Crippen LogP contribution in [0.1, 0.15) is 12.6 Å². The number of benzene rings is 1. The van der Waals surface area contributed by atoms with Gasteiger partial charge >= 0.3 is 6.03 Å². The van der Waals surface area contributed by atoms with Crippen LogP contribution < -0.4 is 5.32 Å². The lowest BCUT2D eigenvalue weighted by Gasteiger charge is -2.17. The van der Waals surface area contributed by atoms with Gasteiger partial charge in [-0.15, -0.1) is 0 Å². The molecular weight excluding hydrogens is 308 g/mol.